The summed E-state index contributed by atoms with van der Waals surface area (Å²) in [6.07, 6.45) is 2.98. The zero-order valence-corrected chi connectivity index (χ0v) is 16.6. The lowest BCUT2D eigenvalue weighted by molar-refractivity contribution is -0.123. The van der Waals surface area contributed by atoms with E-state index in [1.807, 2.05) is 18.2 Å². The molecule has 0 bridgehead atoms. The van der Waals surface area contributed by atoms with E-state index in [4.69, 9.17) is 0 Å². The maximum atomic E-state index is 12.7. The van der Waals surface area contributed by atoms with Gasteiger partial charge in [0, 0.05) is 39.3 Å². The minimum Gasteiger partial charge on any atom is -0.355 e. The maximum absolute atomic E-state index is 12.7. The largest absolute Gasteiger partial charge is 0.355 e. The van der Waals surface area contributed by atoms with E-state index in [2.05, 4.69) is 57.6 Å². The number of carbonyl (C=O) groups is 1. The van der Waals surface area contributed by atoms with Crippen molar-refractivity contribution in [2.24, 2.45) is 0 Å². The number of piperazine rings is 1. The lowest BCUT2D eigenvalue weighted by Gasteiger charge is -2.34. The van der Waals surface area contributed by atoms with Crippen molar-refractivity contribution < 1.29 is 4.79 Å². The Labute approximate surface area is 168 Å². The Morgan fingerprint density at radius 2 is 1.46 bits per heavy atom. The van der Waals surface area contributed by atoms with Crippen molar-refractivity contribution in [1.29, 1.82) is 0 Å². The van der Waals surface area contributed by atoms with Crippen molar-refractivity contribution in [3.05, 3.63) is 71.8 Å². The van der Waals surface area contributed by atoms with Gasteiger partial charge < -0.3 is 10.2 Å². The zero-order chi connectivity index (χ0) is 19.2. The highest BCUT2D eigenvalue weighted by molar-refractivity contribution is 5.91. The predicted octanol–water partition coefficient (Wildman–Crippen LogP) is 3.04. The fourth-order valence-corrected chi connectivity index (χ4v) is 4.22. The molecule has 2 fully saturated rings. The minimum atomic E-state index is -0.246. The fraction of sp³-hybridized carbons (Fsp3) is 0.458. The van der Waals surface area contributed by atoms with Crippen LogP contribution in [0.15, 0.2) is 60.7 Å². The third-order valence-electron chi connectivity index (χ3n) is 6.16. The maximum Gasteiger partial charge on any atom is 0.230 e. The van der Waals surface area contributed by atoms with Crippen LogP contribution >= 0.6 is 0 Å². The number of hydrogen-bond acceptors (Lipinski definition) is 3. The van der Waals surface area contributed by atoms with E-state index in [1.54, 1.807) is 0 Å². The standard InChI is InChI=1S/C24H31N3O/c28-23(24(12-13-24)22-10-5-2-6-11-22)25-14-7-15-26-16-18-27(19-17-26)20-21-8-3-1-4-9-21/h1-6,8-11H,7,12-20H2,(H,25,28). The van der Waals surface area contributed by atoms with Crippen LogP contribution in [0.4, 0.5) is 0 Å². The Kier molecular flexibility index (Phi) is 6.08. The first-order valence-corrected chi connectivity index (χ1v) is 10.6. The minimum absolute atomic E-state index is 0.214. The quantitative estimate of drug-likeness (QED) is 0.718. The van der Waals surface area contributed by atoms with Gasteiger partial charge in [-0.25, -0.2) is 0 Å². The molecule has 28 heavy (non-hydrogen) atoms. The summed E-state index contributed by atoms with van der Waals surface area (Å²) in [4.78, 5) is 17.7. The summed E-state index contributed by atoms with van der Waals surface area (Å²) in [5.74, 6) is 0.214. The Hall–Kier alpha value is -2.17. The number of nitrogens with one attached hydrogen (secondary N) is 1. The number of nitrogens with zero attached hydrogens (tertiary/aromatic N) is 2. The van der Waals surface area contributed by atoms with Crippen LogP contribution in [-0.2, 0) is 16.8 Å². The van der Waals surface area contributed by atoms with Gasteiger partial charge in [-0.2, -0.15) is 0 Å². The molecule has 148 valence electrons. The van der Waals surface area contributed by atoms with Crippen molar-refractivity contribution in [1.82, 2.24) is 15.1 Å². The summed E-state index contributed by atoms with van der Waals surface area (Å²) in [7, 11) is 0. The summed E-state index contributed by atoms with van der Waals surface area (Å²) >= 11 is 0. The zero-order valence-electron chi connectivity index (χ0n) is 16.6. The van der Waals surface area contributed by atoms with Gasteiger partial charge in [-0.3, -0.25) is 9.69 Å². The molecule has 0 unspecified atom stereocenters. The van der Waals surface area contributed by atoms with Gasteiger partial charge in [-0.05, 0) is 36.9 Å². The molecule has 1 heterocycles. The summed E-state index contributed by atoms with van der Waals surface area (Å²) in [5.41, 5.74) is 2.32. The van der Waals surface area contributed by atoms with Crippen LogP contribution in [0.25, 0.3) is 0 Å². The SMILES string of the molecule is O=C(NCCCN1CCN(Cc2ccccc2)CC1)C1(c2ccccc2)CC1. The normalized spacial score (nSPS) is 19.3. The van der Waals surface area contributed by atoms with Crippen LogP contribution in [-0.4, -0.2) is 55.0 Å². The molecular weight excluding hydrogens is 346 g/mol. The topological polar surface area (TPSA) is 35.6 Å². The molecule has 2 aromatic rings. The summed E-state index contributed by atoms with van der Waals surface area (Å²) in [6.45, 7) is 7.38. The highest BCUT2D eigenvalue weighted by Crippen LogP contribution is 2.48. The second-order valence-corrected chi connectivity index (χ2v) is 8.16. The van der Waals surface area contributed by atoms with Crippen molar-refractivity contribution in [2.75, 3.05) is 39.3 Å². The first kappa shape index (κ1) is 19.2. The van der Waals surface area contributed by atoms with E-state index in [0.29, 0.717) is 0 Å². The molecule has 1 N–H and O–H groups in total. The average Bonchev–Trinajstić information content (AvgIpc) is 3.56. The Balaban J connectivity index is 1.14. The predicted molar refractivity (Wildman–Crippen MR) is 113 cm³/mol. The molecule has 1 saturated heterocycles. The van der Waals surface area contributed by atoms with Crippen LogP contribution in [0.2, 0.25) is 0 Å². The van der Waals surface area contributed by atoms with E-state index in [-0.39, 0.29) is 11.3 Å². The molecule has 1 aliphatic heterocycles. The second-order valence-electron chi connectivity index (χ2n) is 8.16. The van der Waals surface area contributed by atoms with Crippen LogP contribution < -0.4 is 5.32 Å². The molecule has 4 rings (SSSR count). The van der Waals surface area contributed by atoms with Gasteiger partial charge in [0.15, 0.2) is 0 Å². The number of carbonyl (C=O) groups excluding carboxylic acids is 1. The Bertz CT molecular complexity index is 750. The number of rotatable bonds is 8. The molecule has 2 aromatic carbocycles. The van der Waals surface area contributed by atoms with Crippen LogP contribution in [0.3, 0.4) is 0 Å². The van der Waals surface area contributed by atoms with Crippen molar-refractivity contribution in [3.8, 4) is 0 Å². The molecule has 4 nitrogen and oxygen atoms in total. The summed E-state index contributed by atoms with van der Waals surface area (Å²) in [6, 6.07) is 21.0. The third kappa shape index (κ3) is 4.62. The van der Waals surface area contributed by atoms with Crippen molar-refractivity contribution >= 4 is 5.91 Å². The van der Waals surface area contributed by atoms with Gasteiger partial charge in [-0.15, -0.1) is 0 Å². The van der Waals surface area contributed by atoms with E-state index < -0.39 is 0 Å². The first-order valence-electron chi connectivity index (χ1n) is 10.6. The Morgan fingerprint density at radius 3 is 2.11 bits per heavy atom. The van der Waals surface area contributed by atoms with Crippen LogP contribution in [0, 0.1) is 0 Å². The van der Waals surface area contributed by atoms with Crippen molar-refractivity contribution in [3.63, 3.8) is 0 Å². The molecule has 0 radical (unpaired) electrons. The van der Waals surface area contributed by atoms with Crippen LogP contribution in [0.5, 0.6) is 0 Å². The molecule has 1 aliphatic carbocycles. The van der Waals surface area contributed by atoms with E-state index in [1.165, 1.54) is 11.1 Å². The monoisotopic (exact) mass is 377 g/mol. The molecule has 1 amide bonds. The first-order chi connectivity index (χ1) is 13.8. The van der Waals surface area contributed by atoms with Gasteiger partial charge in [-0.1, -0.05) is 60.7 Å². The van der Waals surface area contributed by atoms with Gasteiger partial charge in [0.25, 0.3) is 0 Å². The van der Waals surface area contributed by atoms with E-state index >= 15 is 0 Å². The third-order valence-corrected chi connectivity index (χ3v) is 6.16. The smallest absolute Gasteiger partial charge is 0.230 e. The van der Waals surface area contributed by atoms with Gasteiger partial charge in [0.2, 0.25) is 5.91 Å². The lowest BCUT2D eigenvalue weighted by atomic mass is 9.95. The van der Waals surface area contributed by atoms with E-state index in [0.717, 1.165) is 65.1 Å². The molecule has 2 aliphatic rings. The molecule has 4 heteroatoms. The summed E-state index contributed by atoms with van der Waals surface area (Å²) in [5, 5.41) is 3.19. The molecule has 0 aromatic heterocycles. The number of benzene rings is 2. The van der Waals surface area contributed by atoms with E-state index in [9.17, 15) is 4.79 Å². The fourth-order valence-electron chi connectivity index (χ4n) is 4.22. The number of hydrogen-bond donors (Lipinski definition) is 1. The molecule has 0 spiro atoms. The molecule has 1 saturated carbocycles. The highest BCUT2D eigenvalue weighted by Gasteiger charge is 2.50. The molecular formula is C24H31N3O. The molecule has 0 atom stereocenters. The van der Waals surface area contributed by atoms with Crippen LogP contribution in [0.1, 0.15) is 30.4 Å². The van der Waals surface area contributed by atoms with Gasteiger partial charge >= 0.3 is 0 Å². The van der Waals surface area contributed by atoms with Gasteiger partial charge in [0.05, 0.1) is 5.41 Å². The van der Waals surface area contributed by atoms with Gasteiger partial charge in [0.1, 0.15) is 0 Å². The number of amides is 1. The summed E-state index contributed by atoms with van der Waals surface area (Å²) < 4.78 is 0. The average molecular weight is 378 g/mol. The Morgan fingerprint density at radius 1 is 0.857 bits per heavy atom. The highest BCUT2D eigenvalue weighted by atomic mass is 16.2. The lowest BCUT2D eigenvalue weighted by Crippen LogP contribution is -2.46. The second kappa shape index (κ2) is 8.89. The van der Waals surface area contributed by atoms with Crippen molar-refractivity contribution in [2.45, 2.75) is 31.2 Å².